The van der Waals surface area contributed by atoms with Gasteiger partial charge in [-0.1, -0.05) is 0 Å². The third-order valence-corrected chi connectivity index (χ3v) is 21.0. The van der Waals surface area contributed by atoms with Crippen LogP contribution in [0, 0.1) is 11.6 Å². The number of sulfonamides is 4. The van der Waals surface area contributed by atoms with Crippen molar-refractivity contribution in [1.29, 1.82) is 0 Å². The van der Waals surface area contributed by atoms with E-state index < -0.39 is 81.2 Å². The van der Waals surface area contributed by atoms with Crippen molar-refractivity contribution in [2.75, 3.05) is 26.4 Å². The molecule has 4 heterocycles. The molecule has 0 unspecified atom stereocenters. The van der Waals surface area contributed by atoms with Crippen molar-refractivity contribution in [3.8, 4) is 11.5 Å². The number of rotatable bonds is 14. The van der Waals surface area contributed by atoms with Crippen molar-refractivity contribution >= 4 is 64.0 Å². The van der Waals surface area contributed by atoms with E-state index in [1.165, 1.54) is 35.4 Å². The van der Waals surface area contributed by atoms with E-state index in [4.69, 9.17) is 24.1 Å². The van der Waals surface area contributed by atoms with Crippen LogP contribution in [-0.2, 0) is 75.7 Å². The fraction of sp³-hybridized carbons (Fsp3) is 0.462. The zero-order valence-corrected chi connectivity index (χ0v) is 50.9. The van der Waals surface area contributed by atoms with Crippen LogP contribution in [0.2, 0.25) is 0 Å². The van der Waals surface area contributed by atoms with Gasteiger partial charge in [-0.2, -0.15) is 17.2 Å². The Morgan fingerprint density at radius 2 is 0.695 bits per heavy atom. The molecule has 0 radical (unpaired) electrons. The molecule has 82 heavy (non-hydrogen) atoms. The molecule has 30 heteroatoms. The molecule has 23 nitrogen and oxygen atoms in total. The maximum atomic E-state index is 13.9. The number of carboxylic acid groups (broad SMARTS) is 2. The first-order chi connectivity index (χ1) is 37.1. The number of nitrogens with zero attached hydrogens (tertiary/aromatic N) is 4. The quantitative estimate of drug-likeness (QED) is 0.133. The van der Waals surface area contributed by atoms with Gasteiger partial charge in [-0.15, -0.1) is 0 Å². The number of carbonyl (C=O) groups excluding carboxylic acids is 2. The number of carboxylic acids is 2. The zero-order valence-electron chi connectivity index (χ0n) is 47.6. The molecule has 4 aliphatic heterocycles. The summed E-state index contributed by atoms with van der Waals surface area (Å²) in [6, 6.07) is 8.92. The van der Waals surface area contributed by atoms with Crippen molar-refractivity contribution in [2.45, 2.75) is 153 Å². The minimum Gasteiger partial charge on any atom is -0.870 e. The van der Waals surface area contributed by atoms with Gasteiger partial charge in [-0.25, -0.2) is 61.6 Å². The van der Waals surface area contributed by atoms with Crippen LogP contribution in [0.5, 0.6) is 11.5 Å². The third-order valence-electron chi connectivity index (χ3n) is 12.6. The standard InChI is InChI=1S/C15H21NO5S.C13H16FNO4S.C13H17NO5S.C11H12FNO4S.Li.H2O/c1-5-20-13-7-11-9-16(10(3)4)22(18,19)14(11)8-12(13)15(17)21-6-2;1-4-19-13(16)10-6-12-9(5-11(10)14)7-15(8(2)3)20(12,17)18;1-4-19-11-5-9-7-14(8(2)3)20(17,18)12(9)6-10(11)13(15)16;1-6(2)13-5-7-3-9(12)8(11(14)15)4-10(7)18(13,16)17;;/h7-8,10H,5-6,9H2,1-4H3;5-6,8H,4,7H2,1-3H3;5-6,8H,4,7H2,1-3H3,(H,15,16);3-4,6H,5H2,1-2H3,(H,14,15);;1H2/q;;;;+1;/p-1. The molecular formula is C52H67F2LiN4O19S4. The van der Waals surface area contributed by atoms with Gasteiger partial charge in [0.25, 0.3) is 0 Å². The number of aromatic carboxylic acids is 2. The van der Waals surface area contributed by atoms with Crippen molar-refractivity contribution in [3.63, 3.8) is 0 Å². The molecular weight excluding hydrogens is 1160 g/mol. The second-order valence-electron chi connectivity index (χ2n) is 19.3. The molecule has 0 spiro atoms. The topological polar surface area (TPSA) is 325 Å². The van der Waals surface area contributed by atoms with Crippen molar-refractivity contribution in [2.24, 2.45) is 0 Å². The summed E-state index contributed by atoms with van der Waals surface area (Å²) in [4.78, 5) is 45.8. The molecule has 8 rings (SSSR count). The van der Waals surface area contributed by atoms with Crippen molar-refractivity contribution < 1.29 is 115 Å². The number of esters is 2. The van der Waals surface area contributed by atoms with Gasteiger partial charge in [0.2, 0.25) is 40.1 Å². The predicted octanol–water partition coefficient (Wildman–Crippen LogP) is 4.05. The first kappa shape index (κ1) is 70.7. The number of carbonyl (C=O) groups is 4. The summed E-state index contributed by atoms with van der Waals surface area (Å²) in [5.41, 5.74) is 0.937. The summed E-state index contributed by atoms with van der Waals surface area (Å²) in [6.07, 6.45) is 0. The van der Waals surface area contributed by atoms with E-state index in [1.807, 2.05) is 13.8 Å². The van der Waals surface area contributed by atoms with Gasteiger partial charge >= 0.3 is 42.7 Å². The molecule has 4 aliphatic rings. The SMILES string of the molecule is CC(C)N1Cc2cc(F)c(C(=O)O)cc2S1(=O)=O.CCOC(=O)c1cc2c(cc1F)CN(C(C)C)S2(=O)=O.CCOC(=O)c1cc2c(cc1OCC)CN(C(C)C)S2(=O)=O.CCOc1cc2c(cc1C(=O)O)S(=O)(=O)N(C(C)C)C2.[Li+].[OH-]. The molecule has 0 amide bonds. The van der Waals surface area contributed by atoms with Gasteiger partial charge in [-0.05, 0) is 154 Å². The second-order valence-corrected chi connectivity index (χ2v) is 26.7. The van der Waals surface area contributed by atoms with E-state index in [1.54, 1.807) is 75.3 Å². The minimum atomic E-state index is -3.72. The predicted molar refractivity (Wildman–Crippen MR) is 287 cm³/mol. The molecule has 0 aliphatic carbocycles. The van der Waals surface area contributed by atoms with E-state index in [9.17, 15) is 66.7 Å². The molecule has 0 fully saturated rings. The Morgan fingerprint density at radius 3 is 0.988 bits per heavy atom. The summed E-state index contributed by atoms with van der Waals surface area (Å²) < 4.78 is 152. The summed E-state index contributed by atoms with van der Waals surface area (Å²) in [7, 11) is -14.6. The molecule has 4 aromatic rings. The van der Waals surface area contributed by atoms with Gasteiger partial charge in [0.1, 0.15) is 34.3 Å². The summed E-state index contributed by atoms with van der Waals surface area (Å²) in [5, 5.41) is 18.0. The average molecular weight is 1230 g/mol. The largest absolute Gasteiger partial charge is 1.00 e. The summed E-state index contributed by atoms with van der Waals surface area (Å²) >= 11 is 0. The van der Waals surface area contributed by atoms with Crippen LogP contribution in [-0.4, -0.2) is 141 Å². The number of benzene rings is 4. The second kappa shape index (κ2) is 27.9. The van der Waals surface area contributed by atoms with Crippen LogP contribution >= 0.6 is 0 Å². The molecule has 0 saturated heterocycles. The molecule has 3 N–H and O–H groups in total. The Morgan fingerprint density at radius 1 is 0.439 bits per heavy atom. The minimum absolute atomic E-state index is 0. The average Bonchev–Trinajstić information content (AvgIpc) is 3.98. The summed E-state index contributed by atoms with van der Waals surface area (Å²) in [6.45, 7) is 22.7. The van der Waals surface area contributed by atoms with Crippen LogP contribution in [0.1, 0.15) is 147 Å². The fourth-order valence-electron chi connectivity index (χ4n) is 8.82. The van der Waals surface area contributed by atoms with Gasteiger partial charge in [0.05, 0.1) is 57.1 Å². The van der Waals surface area contributed by atoms with Crippen LogP contribution in [0.25, 0.3) is 0 Å². The van der Waals surface area contributed by atoms with E-state index in [0.29, 0.717) is 47.8 Å². The molecule has 0 bridgehead atoms. The number of hydrogen-bond acceptors (Lipinski definition) is 17. The normalized spacial score (nSPS) is 16.8. The third kappa shape index (κ3) is 14.5. The van der Waals surface area contributed by atoms with Crippen molar-refractivity contribution in [1.82, 2.24) is 17.2 Å². The molecule has 0 atom stereocenters. The van der Waals surface area contributed by atoms with Gasteiger partial charge in [0, 0.05) is 50.3 Å². The summed E-state index contributed by atoms with van der Waals surface area (Å²) in [5.74, 6) is -5.22. The monoisotopic (exact) mass is 1220 g/mol. The van der Waals surface area contributed by atoms with Gasteiger partial charge < -0.3 is 34.6 Å². The number of fused-ring (bicyclic) bond motifs is 4. The molecule has 0 saturated carbocycles. The fourth-order valence-corrected chi connectivity index (χ4v) is 16.2. The first-order valence-electron chi connectivity index (χ1n) is 25.3. The smallest absolute Gasteiger partial charge is 0.870 e. The van der Waals surface area contributed by atoms with E-state index in [0.717, 1.165) is 24.3 Å². The van der Waals surface area contributed by atoms with Crippen LogP contribution in [0.4, 0.5) is 8.78 Å². The van der Waals surface area contributed by atoms with Crippen molar-refractivity contribution in [3.05, 3.63) is 105 Å². The number of hydrogen-bond donors (Lipinski definition) is 2. The van der Waals surface area contributed by atoms with E-state index in [-0.39, 0.29) is 123 Å². The van der Waals surface area contributed by atoms with E-state index in [2.05, 4.69) is 0 Å². The van der Waals surface area contributed by atoms with Gasteiger partial charge in [0.15, 0.2) is 0 Å². The Balaban J connectivity index is 0.000000285. The Kier molecular flexibility index (Phi) is 24.0. The maximum Gasteiger partial charge on any atom is 1.00 e. The molecule has 4 aromatic carbocycles. The maximum absolute atomic E-state index is 13.9. The first-order valence-corrected chi connectivity index (χ1v) is 31.0. The Bertz CT molecular complexity index is 3550. The van der Waals surface area contributed by atoms with Crippen LogP contribution in [0.3, 0.4) is 0 Å². The van der Waals surface area contributed by atoms with Gasteiger partial charge in [-0.3, -0.25) is 0 Å². The number of ether oxygens (including phenoxy) is 4. The van der Waals surface area contributed by atoms with Crippen LogP contribution < -0.4 is 28.3 Å². The Hall–Kier alpha value is -5.58. The number of halogens is 2. The zero-order chi connectivity index (χ0) is 60.3. The van der Waals surface area contributed by atoms with E-state index >= 15 is 0 Å². The Labute approximate surface area is 489 Å². The van der Waals surface area contributed by atoms with Crippen LogP contribution in [0.15, 0.2) is 68.1 Å². The molecule has 448 valence electrons. The molecule has 0 aromatic heterocycles.